The van der Waals surface area contributed by atoms with Crippen LogP contribution in [0.25, 0.3) is 0 Å². The van der Waals surface area contributed by atoms with Gasteiger partial charge in [0.25, 0.3) is 0 Å². The highest BCUT2D eigenvalue weighted by Crippen LogP contribution is 2.68. The summed E-state index contributed by atoms with van der Waals surface area (Å²) in [4.78, 5) is 0. The van der Waals surface area contributed by atoms with E-state index in [0.29, 0.717) is 16.7 Å². The molecule has 4 bridgehead atoms. The predicted octanol–water partition coefficient (Wildman–Crippen LogP) is 2.58. The first-order valence-electron chi connectivity index (χ1n) is 5.72. The van der Waals surface area contributed by atoms with Crippen LogP contribution in [-0.4, -0.2) is 11.2 Å². The van der Waals surface area contributed by atoms with Crippen molar-refractivity contribution in [2.24, 2.45) is 22.7 Å². The molecule has 0 spiro atoms. The second kappa shape index (κ2) is 2.13. The van der Waals surface area contributed by atoms with Gasteiger partial charge in [-0.25, -0.2) is 0 Å². The summed E-state index contributed by atoms with van der Waals surface area (Å²) >= 11 is 0. The van der Waals surface area contributed by atoms with E-state index in [2.05, 4.69) is 13.8 Å². The van der Waals surface area contributed by atoms with Crippen molar-refractivity contribution in [1.82, 2.24) is 0 Å². The number of rotatable bonds is 0. The van der Waals surface area contributed by atoms with Crippen LogP contribution >= 0.6 is 0 Å². The fourth-order valence-electron chi connectivity index (χ4n) is 5.15. The lowest BCUT2D eigenvalue weighted by Gasteiger charge is -2.55. The molecule has 74 valence electrons. The summed E-state index contributed by atoms with van der Waals surface area (Å²) < 4.78 is 0. The minimum atomic E-state index is 0.0185. The van der Waals surface area contributed by atoms with Crippen LogP contribution in [0, 0.1) is 22.7 Å². The summed E-state index contributed by atoms with van der Waals surface area (Å²) in [5, 5.41) is 10.1. The topological polar surface area (TPSA) is 20.2 Å². The van der Waals surface area contributed by atoms with E-state index in [0.717, 1.165) is 12.3 Å². The van der Waals surface area contributed by atoms with Crippen molar-refractivity contribution in [2.45, 2.75) is 52.1 Å². The van der Waals surface area contributed by atoms with Crippen LogP contribution < -0.4 is 0 Å². The molecule has 1 heteroatoms. The van der Waals surface area contributed by atoms with E-state index in [4.69, 9.17) is 0 Å². The van der Waals surface area contributed by atoms with Gasteiger partial charge in [-0.05, 0) is 54.8 Å². The summed E-state index contributed by atoms with van der Waals surface area (Å²) in [6.45, 7) is 4.83. The molecule has 1 nitrogen and oxygen atoms in total. The third-order valence-corrected chi connectivity index (χ3v) is 5.24. The highest BCUT2D eigenvalue weighted by Gasteiger charge is 2.62. The summed E-state index contributed by atoms with van der Waals surface area (Å²) in [6.07, 6.45) is 6.62. The normalized spacial score (nSPS) is 64.4. The maximum absolute atomic E-state index is 10.1. The molecule has 4 aliphatic carbocycles. The zero-order chi connectivity index (χ0) is 9.27. The molecule has 4 rings (SSSR count). The average Bonchev–Trinajstić information content (AvgIpc) is 2.17. The molecule has 4 aliphatic rings. The summed E-state index contributed by atoms with van der Waals surface area (Å²) in [5.74, 6) is 1.45. The molecule has 0 aromatic rings. The van der Waals surface area contributed by atoms with Gasteiger partial charge < -0.3 is 5.11 Å². The lowest BCUT2D eigenvalue weighted by atomic mass is 9.51. The monoisotopic (exact) mass is 180 g/mol. The Kier molecular flexibility index (Phi) is 1.36. The Morgan fingerprint density at radius 1 is 1.08 bits per heavy atom. The Bertz CT molecular complexity index is 230. The van der Waals surface area contributed by atoms with Crippen LogP contribution in [0.1, 0.15) is 46.0 Å². The zero-order valence-electron chi connectivity index (χ0n) is 8.71. The second-order valence-electron chi connectivity index (χ2n) is 6.36. The van der Waals surface area contributed by atoms with Crippen molar-refractivity contribution in [2.75, 3.05) is 0 Å². The highest BCUT2D eigenvalue weighted by molar-refractivity contribution is 5.12. The van der Waals surface area contributed by atoms with Crippen LogP contribution in [0.15, 0.2) is 0 Å². The minimum absolute atomic E-state index is 0.0185. The van der Waals surface area contributed by atoms with Gasteiger partial charge in [0, 0.05) is 0 Å². The molecule has 0 radical (unpaired) electrons. The number of aliphatic hydroxyl groups excluding tert-OH is 1. The van der Waals surface area contributed by atoms with Crippen molar-refractivity contribution in [3.8, 4) is 0 Å². The Morgan fingerprint density at radius 2 is 1.62 bits per heavy atom. The van der Waals surface area contributed by atoms with E-state index in [1.54, 1.807) is 0 Å². The SMILES string of the molecule is C[C@@]12CC[C@]3(C)CC(CC(O)C13)C2. The van der Waals surface area contributed by atoms with Crippen LogP contribution in [0.3, 0.4) is 0 Å². The average molecular weight is 180 g/mol. The van der Waals surface area contributed by atoms with Crippen molar-refractivity contribution in [3.05, 3.63) is 0 Å². The highest BCUT2D eigenvalue weighted by atomic mass is 16.3. The summed E-state index contributed by atoms with van der Waals surface area (Å²) in [7, 11) is 0. The third-order valence-electron chi connectivity index (χ3n) is 5.24. The maximum atomic E-state index is 10.1. The van der Waals surface area contributed by atoms with Crippen LogP contribution in [0.4, 0.5) is 0 Å². The largest absolute Gasteiger partial charge is 0.393 e. The van der Waals surface area contributed by atoms with Crippen molar-refractivity contribution in [1.29, 1.82) is 0 Å². The number of hydrogen-bond acceptors (Lipinski definition) is 1. The van der Waals surface area contributed by atoms with Gasteiger partial charge in [0.2, 0.25) is 0 Å². The van der Waals surface area contributed by atoms with E-state index in [1.807, 2.05) is 0 Å². The molecule has 3 unspecified atom stereocenters. The Hall–Kier alpha value is -0.0400. The fourth-order valence-corrected chi connectivity index (χ4v) is 5.15. The van der Waals surface area contributed by atoms with Crippen LogP contribution in [0.5, 0.6) is 0 Å². The number of fused-ring (bicyclic) bond motifs is 1. The van der Waals surface area contributed by atoms with E-state index < -0.39 is 0 Å². The van der Waals surface area contributed by atoms with Gasteiger partial charge in [-0.2, -0.15) is 0 Å². The molecule has 0 aliphatic heterocycles. The van der Waals surface area contributed by atoms with Gasteiger partial charge in [-0.1, -0.05) is 13.8 Å². The van der Waals surface area contributed by atoms with Gasteiger partial charge in [0.15, 0.2) is 0 Å². The van der Waals surface area contributed by atoms with Gasteiger partial charge >= 0.3 is 0 Å². The molecule has 0 saturated heterocycles. The summed E-state index contributed by atoms with van der Waals surface area (Å²) in [5.41, 5.74) is 0.991. The maximum Gasteiger partial charge on any atom is 0.0581 e. The molecule has 4 fully saturated rings. The van der Waals surface area contributed by atoms with E-state index in [-0.39, 0.29) is 6.10 Å². The Labute approximate surface area is 80.5 Å². The van der Waals surface area contributed by atoms with E-state index in [9.17, 15) is 5.11 Å². The smallest absolute Gasteiger partial charge is 0.0581 e. The molecule has 0 amide bonds. The van der Waals surface area contributed by atoms with Crippen LogP contribution in [-0.2, 0) is 0 Å². The lowest BCUT2D eigenvalue weighted by Crippen LogP contribution is -2.52. The molecule has 0 heterocycles. The van der Waals surface area contributed by atoms with E-state index >= 15 is 0 Å². The molecular weight excluding hydrogens is 160 g/mol. The van der Waals surface area contributed by atoms with Crippen LogP contribution in [0.2, 0.25) is 0 Å². The first kappa shape index (κ1) is 8.28. The molecular formula is C12H20O. The quantitative estimate of drug-likeness (QED) is 0.607. The molecule has 0 aromatic heterocycles. The number of aliphatic hydroxyl groups is 1. The van der Waals surface area contributed by atoms with Gasteiger partial charge in [-0.3, -0.25) is 0 Å². The summed E-state index contributed by atoms with van der Waals surface area (Å²) in [6, 6.07) is 0. The van der Waals surface area contributed by atoms with Crippen molar-refractivity contribution in [3.63, 3.8) is 0 Å². The lowest BCUT2D eigenvalue weighted by molar-refractivity contribution is -0.121. The fraction of sp³-hybridized carbons (Fsp3) is 1.00. The van der Waals surface area contributed by atoms with E-state index in [1.165, 1.54) is 25.7 Å². The molecule has 1 N–H and O–H groups in total. The first-order valence-corrected chi connectivity index (χ1v) is 5.72. The molecule has 5 atom stereocenters. The standard InChI is InChI=1S/C12H20O/c1-11-3-4-12(2)7-8(6-11)5-9(13)10(11)12/h8-10,13H,3-7H2,1-2H3/t8?,9?,10?,11-,12+. The van der Waals surface area contributed by atoms with Crippen molar-refractivity contribution < 1.29 is 5.11 Å². The number of hydrogen-bond donors (Lipinski definition) is 1. The molecule has 13 heavy (non-hydrogen) atoms. The predicted molar refractivity (Wildman–Crippen MR) is 52.3 cm³/mol. The van der Waals surface area contributed by atoms with Gasteiger partial charge in [0.05, 0.1) is 6.10 Å². The zero-order valence-corrected chi connectivity index (χ0v) is 8.71. The first-order chi connectivity index (χ1) is 6.04. The Balaban J connectivity index is 2.07. The second-order valence-corrected chi connectivity index (χ2v) is 6.36. The third kappa shape index (κ3) is 0.869. The van der Waals surface area contributed by atoms with Gasteiger partial charge in [-0.15, -0.1) is 0 Å². The molecule has 0 aromatic carbocycles. The molecule has 4 saturated carbocycles. The Morgan fingerprint density at radius 3 is 2.00 bits per heavy atom. The van der Waals surface area contributed by atoms with Crippen molar-refractivity contribution >= 4 is 0 Å². The van der Waals surface area contributed by atoms with Gasteiger partial charge in [0.1, 0.15) is 0 Å². The minimum Gasteiger partial charge on any atom is -0.393 e.